The Bertz CT molecular complexity index is 1140. The number of aromatic nitrogens is 4. The standard InChI is InChI=1S/C21H25F2N7O4/c1-33-20-12(4-10(22)6-24-20)14-5-11(23)7-30(14)21(32)17-16-18(25-9-26-19(16)29-28-17)27-13-2-3-34-8-15(13)31/h6,9,11-15,31H,2-5,7-8H2,1H3,(H2,25,26,27,28,29)/t11-,12?,13+,14+,15+/m0/s1. The highest BCUT2D eigenvalue weighted by Crippen LogP contribution is 2.35. The normalized spacial score (nSPS) is 29.6. The van der Waals surface area contributed by atoms with E-state index in [9.17, 15) is 18.7 Å². The molecule has 1 amide bonds. The number of ether oxygens (including phenoxy) is 2. The van der Waals surface area contributed by atoms with Gasteiger partial charge < -0.3 is 24.8 Å². The van der Waals surface area contributed by atoms with Crippen LogP contribution in [0.5, 0.6) is 0 Å². The molecular formula is C21H25F2N7O4. The van der Waals surface area contributed by atoms with Crippen LogP contribution in [0, 0.1) is 5.92 Å². The molecule has 5 rings (SSSR count). The molecule has 182 valence electrons. The molecule has 0 radical (unpaired) electrons. The van der Waals surface area contributed by atoms with Crippen LogP contribution in [0.25, 0.3) is 11.0 Å². The van der Waals surface area contributed by atoms with Crippen LogP contribution < -0.4 is 5.32 Å². The molecule has 0 bridgehead atoms. The number of allylic oxidation sites excluding steroid dienone is 1. The molecule has 13 heteroatoms. The number of likely N-dealkylation sites (tertiary alicyclic amines) is 1. The topological polar surface area (TPSA) is 138 Å². The second-order valence-electron chi connectivity index (χ2n) is 8.62. The largest absolute Gasteiger partial charge is 0.484 e. The number of fused-ring (bicyclic) bond motifs is 1. The number of aliphatic hydroxyl groups excluding tert-OH is 1. The molecule has 3 N–H and O–H groups in total. The summed E-state index contributed by atoms with van der Waals surface area (Å²) in [5.41, 5.74) is 0.335. The van der Waals surface area contributed by atoms with E-state index in [1.807, 2.05) is 0 Å². The van der Waals surface area contributed by atoms with Crippen molar-refractivity contribution >= 4 is 28.7 Å². The number of anilines is 1. The van der Waals surface area contributed by atoms with Crippen LogP contribution in [0.15, 0.2) is 23.3 Å². The molecule has 5 heterocycles. The Kier molecular flexibility index (Phi) is 6.13. The molecule has 0 aliphatic carbocycles. The minimum absolute atomic E-state index is 0.0153. The molecule has 1 unspecified atom stereocenters. The molecule has 11 nitrogen and oxygen atoms in total. The Balaban J connectivity index is 1.47. The number of alkyl halides is 1. The molecule has 34 heavy (non-hydrogen) atoms. The molecule has 2 saturated heterocycles. The summed E-state index contributed by atoms with van der Waals surface area (Å²) in [6.45, 7) is 0.501. The summed E-state index contributed by atoms with van der Waals surface area (Å²) in [5, 5.41) is 20.6. The van der Waals surface area contributed by atoms with Crippen LogP contribution in [-0.4, -0.2) is 93.2 Å². The molecule has 3 aliphatic rings. The number of hydrogen-bond acceptors (Lipinski definition) is 9. The second kappa shape index (κ2) is 9.22. The Hall–Kier alpha value is -3.19. The average molecular weight is 477 g/mol. The van der Waals surface area contributed by atoms with E-state index in [1.165, 1.54) is 18.3 Å². The average Bonchev–Trinajstić information content (AvgIpc) is 3.44. The van der Waals surface area contributed by atoms with Crippen LogP contribution in [0.1, 0.15) is 29.8 Å². The summed E-state index contributed by atoms with van der Waals surface area (Å²) < 4.78 is 39.2. The number of amides is 1. The van der Waals surface area contributed by atoms with Crippen LogP contribution in [-0.2, 0) is 9.47 Å². The first-order valence-electron chi connectivity index (χ1n) is 11.1. The van der Waals surface area contributed by atoms with E-state index in [0.29, 0.717) is 29.9 Å². The fourth-order valence-corrected chi connectivity index (χ4v) is 4.84. The highest BCUT2D eigenvalue weighted by Gasteiger charge is 2.44. The lowest BCUT2D eigenvalue weighted by Gasteiger charge is -2.32. The van der Waals surface area contributed by atoms with Crippen LogP contribution in [0.4, 0.5) is 14.6 Å². The second-order valence-corrected chi connectivity index (χ2v) is 8.62. The Morgan fingerprint density at radius 2 is 2.26 bits per heavy atom. The number of nitrogens with one attached hydrogen (secondary N) is 2. The lowest BCUT2D eigenvalue weighted by Crippen LogP contribution is -2.44. The van der Waals surface area contributed by atoms with Gasteiger partial charge in [0.1, 0.15) is 24.1 Å². The number of hydrogen-bond donors (Lipinski definition) is 3. The number of aromatic amines is 1. The maximum absolute atomic E-state index is 14.6. The van der Waals surface area contributed by atoms with Crippen LogP contribution in [0.3, 0.4) is 0 Å². The van der Waals surface area contributed by atoms with Crippen molar-refractivity contribution < 1.29 is 28.2 Å². The minimum Gasteiger partial charge on any atom is -0.484 e. The van der Waals surface area contributed by atoms with Crippen molar-refractivity contribution in [1.29, 1.82) is 0 Å². The van der Waals surface area contributed by atoms with Gasteiger partial charge in [-0.15, -0.1) is 0 Å². The van der Waals surface area contributed by atoms with Gasteiger partial charge in [0.05, 0.1) is 49.9 Å². The van der Waals surface area contributed by atoms with Crippen molar-refractivity contribution in [3.8, 4) is 0 Å². The number of carbonyl (C=O) groups is 1. The van der Waals surface area contributed by atoms with Gasteiger partial charge >= 0.3 is 0 Å². The number of aliphatic hydroxyl groups is 1. The Morgan fingerprint density at radius 1 is 1.41 bits per heavy atom. The van der Waals surface area contributed by atoms with Crippen molar-refractivity contribution in [2.75, 3.05) is 32.2 Å². The zero-order valence-corrected chi connectivity index (χ0v) is 18.4. The molecule has 2 aromatic heterocycles. The monoisotopic (exact) mass is 477 g/mol. The predicted molar refractivity (Wildman–Crippen MR) is 117 cm³/mol. The van der Waals surface area contributed by atoms with Crippen molar-refractivity contribution in [2.45, 2.75) is 43.6 Å². The van der Waals surface area contributed by atoms with E-state index >= 15 is 0 Å². The molecule has 0 aromatic carbocycles. The highest BCUT2D eigenvalue weighted by molar-refractivity contribution is 6.08. The number of aliphatic imine (C=N–C) groups is 1. The summed E-state index contributed by atoms with van der Waals surface area (Å²) in [6.07, 6.45) is 0.906. The molecule has 2 fully saturated rings. The maximum atomic E-state index is 14.6. The Labute approximate surface area is 193 Å². The van der Waals surface area contributed by atoms with Crippen molar-refractivity contribution in [3.05, 3.63) is 24.0 Å². The van der Waals surface area contributed by atoms with Gasteiger partial charge in [0, 0.05) is 25.5 Å². The van der Waals surface area contributed by atoms with Crippen LogP contribution >= 0.6 is 0 Å². The lowest BCUT2D eigenvalue weighted by molar-refractivity contribution is -0.0135. The third kappa shape index (κ3) is 4.09. The number of H-pyrrole nitrogens is 1. The number of nitrogens with zero attached hydrogens (tertiary/aromatic N) is 5. The molecular weight excluding hydrogens is 452 g/mol. The zero-order chi connectivity index (χ0) is 23.8. The third-order valence-corrected chi connectivity index (χ3v) is 6.50. The van der Waals surface area contributed by atoms with Gasteiger partial charge in [0.2, 0.25) is 0 Å². The van der Waals surface area contributed by atoms with E-state index in [4.69, 9.17) is 9.47 Å². The van der Waals surface area contributed by atoms with E-state index < -0.39 is 36.0 Å². The van der Waals surface area contributed by atoms with Gasteiger partial charge in [-0.25, -0.2) is 23.7 Å². The smallest absolute Gasteiger partial charge is 0.275 e. The highest BCUT2D eigenvalue weighted by atomic mass is 19.1. The van der Waals surface area contributed by atoms with Gasteiger partial charge in [-0.3, -0.25) is 9.89 Å². The van der Waals surface area contributed by atoms with Crippen LogP contribution in [0.2, 0.25) is 0 Å². The fourth-order valence-electron chi connectivity index (χ4n) is 4.84. The zero-order valence-electron chi connectivity index (χ0n) is 18.4. The first-order chi connectivity index (χ1) is 16.5. The molecule has 5 atom stereocenters. The van der Waals surface area contributed by atoms with E-state index in [-0.39, 0.29) is 43.6 Å². The first-order valence-corrected chi connectivity index (χ1v) is 11.1. The summed E-state index contributed by atoms with van der Waals surface area (Å²) >= 11 is 0. The first kappa shape index (κ1) is 22.6. The van der Waals surface area contributed by atoms with Gasteiger partial charge in [-0.05, 0) is 6.42 Å². The van der Waals surface area contributed by atoms with E-state index in [1.54, 1.807) is 0 Å². The van der Waals surface area contributed by atoms with Crippen molar-refractivity contribution in [2.24, 2.45) is 10.9 Å². The molecule has 2 aromatic rings. The van der Waals surface area contributed by atoms with Gasteiger partial charge in [0.25, 0.3) is 5.91 Å². The van der Waals surface area contributed by atoms with Crippen molar-refractivity contribution in [1.82, 2.24) is 25.1 Å². The number of methoxy groups -OCH3 is 1. The van der Waals surface area contributed by atoms with E-state index in [0.717, 1.165) is 6.20 Å². The summed E-state index contributed by atoms with van der Waals surface area (Å²) in [7, 11) is 1.41. The predicted octanol–water partition coefficient (Wildman–Crippen LogP) is 1.34. The summed E-state index contributed by atoms with van der Waals surface area (Å²) in [6, 6.07) is -0.998. The summed E-state index contributed by atoms with van der Waals surface area (Å²) in [5.74, 6) is -1.03. The number of carbonyl (C=O) groups excluding carboxylic acids is 1. The Morgan fingerprint density at radius 3 is 3.06 bits per heavy atom. The van der Waals surface area contributed by atoms with Crippen molar-refractivity contribution in [3.63, 3.8) is 0 Å². The summed E-state index contributed by atoms with van der Waals surface area (Å²) in [4.78, 5) is 27.4. The molecule has 0 spiro atoms. The van der Waals surface area contributed by atoms with Gasteiger partial charge in [-0.1, -0.05) is 0 Å². The lowest BCUT2D eigenvalue weighted by atomic mass is 9.91. The van der Waals surface area contributed by atoms with E-state index in [2.05, 4.69) is 30.5 Å². The third-order valence-electron chi connectivity index (χ3n) is 6.50. The number of halogens is 2. The number of rotatable bonds is 4. The molecule has 3 aliphatic heterocycles. The maximum Gasteiger partial charge on any atom is 0.275 e. The quantitative estimate of drug-likeness (QED) is 0.600. The minimum atomic E-state index is -1.28. The SMILES string of the molecule is COC1=NC=C(F)CC1[C@H]1C[C@H](F)CN1C(=O)c1n[nH]c2ncnc(N[C@@H]3CCOC[C@H]3O)c12. The van der Waals surface area contributed by atoms with Gasteiger partial charge in [0.15, 0.2) is 17.2 Å². The van der Waals surface area contributed by atoms with Gasteiger partial charge in [-0.2, -0.15) is 5.10 Å². The molecule has 0 saturated carbocycles. The fraction of sp³-hybridized carbons (Fsp3) is 0.571.